The molecular weight excluding hydrogens is 202 g/mol. The zero-order valence-corrected chi connectivity index (χ0v) is 9.07. The van der Waals surface area contributed by atoms with E-state index in [1.165, 1.54) is 0 Å². The van der Waals surface area contributed by atoms with Crippen LogP contribution in [0.25, 0.3) is 10.8 Å². The maximum Gasteiger partial charge on any atom is 0.249 e. The molecule has 0 fully saturated rings. The summed E-state index contributed by atoms with van der Waals surface area (Å²) in [5, 5.41) is 1.75. The minimum atomic E-state index is -0.417. The van der Waals surface area contributed by atoms with Crippen molar-refractivity contribution in [2.24, 2.45) is 5.73 Å². The number of carbonyl (C=O) groups is 1. The predicted molar refractivity (Wildman–Crippen MR) is 63.6 cm³/mol. The lowest BCUT2D eigenvalue weighted by molar-refractivity contribution is 0.100. The minimum absolute atomic E-state index is 0.417. The molecule has 0 unspecified atom stereocenters. The van der Waals surface area contributed by atoms with E-state index in [0.717, 1.165) is 16.5 Å². The molecule has 1 amide bonds. The number of primary amides is 1. The fourth-order valence-electron chi connectivity index (χ4n) is 1.77. The first kappa shape index (κ1) is 10.5. The molecule has 0 saturated carbocycles. The topological polar surface area (TPSA) is 52.3 Å². The van der Waals surface area contributed by atoms with E-state index >= 15 is 0 Å². The van der Waals surface area contributed by atoms with Crippen LogP contribution in [0, 0.1) is 0 Å². The van der Waals surface area contributed by atoms with Crippen molar-refractivity contribution in [3.63, 3.8) is 0 Å². The third kappa shape index (κ3) is 1.72. The zero-order valence-electron chi connectivity index (χ0n) is 9.07. The molecule has 16 heavy (non-hydrogen) atoms. The molecule has 0 spiro atoms. The Balaban J connectivity index is 2.71. The van der Waals surface area contributed by atoms with Gasteiger partial charge in [0.25, 0.3) is 0 Å². The number of amides is 1. The third-order valence-electron chi connectivity index (χ3n) is 2.45. The molecule has 0 radical (unpaired) electrons. The summed E-state index contributed by atoms with van der Waals surface area (Å²) in [6.07, 6.45) is 0. The molecule has 2 aromatic carbocycles. The smallest absolute Gasteiger partial charge is 0.249 e. The molecule has 0 atom stereocenters. The molecule has 0 bridgehead atoms. The van der Waals surface area contributed by atoms with Crippen LogP contribution in [-0.4, -0.2) is 12.5 Å². The van der Waals surface area contributed by atoms with Gasteiger partial charge in [-0.05, 0) is 24.4 Å². The lowest BCUT2D eigenvalue weighted by Crippen LogP contribution is -2.11. The largest absolute Gasteiger partial charge is 0.493 e. The standard InChI is InChI=1S/C13H13NO2/c1-2-16-12-8-7-11(13(14)15)9-5-3-4-6-10(9)12/h3-8H,2H2,1H3,(H2,14,15). The zero-order chi connectivity index (χ0) is 11.5. The summed E-state index contributed by atoms with van der Waals surface area (Å²) in [6, 6.07) is 11.1. The van der Waals surface area contributed by atoms with Gasteiger partial charge in [0.1, 0.15) is 5.75 Å². The molecule has 3 nitrogen and oxygen atoms in total. The summed E-state index contributed by atoms with van der Waals surface area (Å²) < 4.78 is 5.50. The fourth-order valence-corrected chi connectivity index (χ4v) is 1.77. The molecular formula is C13H13NO2. The van der Waals surface area contributed by atoms with Crippen LogP contribution < -0.4 is 10.5 Å². The summed E-state index contributed by atoms with van der Waals surface area (Å²) in [7, 11) is 0. The normalized spacial score (nSPS) is 10.3. The molecule has 2 N–H and O–H groups in total. The fraction of sp³-hybridized carbons (Fsp3) is 0.154. The van der Waals surface area contributed by atoms with E-state index in [9.17, 15) is 4.79 Å². The Kier molecular flexibility index (Phi) is 2.77. The Morgan fingerprint density at radius 2 is 1.88 bits per heavy atom. The number of ether oxygens (including phenoxy) is 1. The first-order chi connectivity index (χ1) is 7.74. The van der Waals surface area contributed by atoms with Gasteiger partial charge in [0.05, 0.1) is 6.61 Å². The SMILES string of the molecule is CCOc1ccc(C(N)=O)c2ccccc12. The van der Waals surface area contributed by atoms with Crippen LogP contribution in [0.4, 0.5) is 0 Å². The van der Waals surface area contributed by atoms with Gasteiger partial charge in [0, 0.05) is 10.9 Å². The van der Waals surface area contributed by atoms with Crippen molar-refractivity contribution in [3.8, 4) is 5.75 Å². The maximum atomic E-state index is 11.3. The Labute approximate surface area is 93.8 Å². The molecule has 82 valence electrons. The molecule has 0 heterocycles. The van der Waals surface area contributed by atoms with Gasteiger partial charge in [-0.15, -0.1) is 0 Å². The number of benzene rings is 2. The summed E-state index contributed by atoms with van der Waals surface area (Å²) in [4.78, 5) is 11.3. The average Bonchev–Trinajstić information content (AvgIpc) is 2.29. The quantitative estimate of drug-likeness (QED) is 0.854. The van der Waals surface area contributed by atoms with E-state index < -0.39 is 5.91 Å². The molecule has 2 rings (SSSR count). The van der Waals surface area contributed by atoms with Crippen molar-refractivity contribution in [3.05, 3.63) is 42.0 Å². The van der Waals surface area contributed by atoms with Gasteiger partial charge in [-0.3, -0.25) is 4.79 Å². The Hall–Kier alpha value is -2.03. The lowest BCUT2D eigenvalue weighted by atomic mass is 10.0. The first-order valence-electron chi connectivity index (χ1n) is 5.18. The number of hydrogen-bond donors (Lipinski definition) is 1. The highest BCUT2D eigenvalue weighted by atomic mass is 16.5. The minimum Gasteiger partial charge on any atom is -0.493 e. The van der Waals surface area contributed by atoms with Crippen molar-refractivity contribution in [1.82, 2.24) is 0 Å². The van der Waals surface area contributed by atoms with E-state index in [1.807, 2.05) is 31.2 Å². The van der Waals surface area contributed by atoms with E-state index in [-0.39, 0.29) is 0 Å². The highest BCUT2D eigenvalue weighted by Crippen LogP contribution is 2.28. The van der Waals surface area contributed by atoms with Crippen LogP contribution in [0.1, 0.15) is 17.3 Å². The van der Waals surface area contributed by atoms with Gasteiger partial charge in [-0.25, -0.2) is 0 Å². The van der Waals surface area contributed by atoms with E-state index in [0.29, 0.717) is 12.2 Å². The van der Waals surface area contributed by atoms with Gasteiger partial charge in [-0.1, -0.05) is 24.3 Å². The second kappa shape index (κ2) is 4.23. The highest BCUT2D eigenvalue weighted by Gasteiger charge is 2.09. The number of fused-ring (bicyclic) bond motifs is 1. The van der Waals surface area contributed by atoms with Gasteiger partial charge >= 0.3 is 0 Å². The van der Waals surface area contributed by atoms with Gasteiger partial charge in [-0.2, -0.15) is 0 Å². The predicted octanol–water partition coefficient (Wildman–Crippen LogP) is 2.34. The van der Waals surface area contributed by atoms with Crippen molar-refractivity contribution in [1.29, 1.82) is 0 Å². The lowest BCUT2D eigenvalue weighted by Gasteiger charge is -2.09. The Morgan fingerprint density at radius 3 is 2.50 bits per heavy atom. The van der Waals surface area contributed by atoms with Crippen molar-refractivity contribution in [2.45, 2.75) is 6.92 Å². The molecule has 0 aliphatic rings. The van der Waals surface area contributed by atoms with E-state index in [4.69, 9.17) is 10.5 Å². The summed E-state index contributed by atoms with van der Waals surface area (Å²) in [5.41, 5.74) is 5.85. The average molecular weight is 215 g/mol. The number of rotatable bonds is 3. The van der Waals surface area contributed by atoms with Crippen LogP contribution in [-0.2, 0) is 0 Å². The van der Waals surface area contributed by atoms with Crippen LogP contribution in [0.15, 0.2) is 36.4 Å². The first-order valence-corrected chi connectivity index (χ1v) is 5.18. The number of hydrogen-bond acceptors (Lipinski definition) is 2. The Morgan fingerprint density at radius 1 is 1.19 bits per heavy atom. The highest BCUT2D eigenvalue weighted by molar-refractivity contribution is 6.07. The number of nitrogens with two attached hydrogens (primary N) is 1. The van der Waals surface area contributed by atoms with Crippen molar-refractivity contribution < 1.29 is 9.53 Å². The maximum absolute atomic E-state index is 11.3. The van der Waals surface area contributed by atoms with Gasteiger partial charge in [0.2, 0.25) is 5.91 Å². The van der Waals surface area contributed by atoms with Crippen LogP contribution in [0.5, 0.6) is 5.75 Å². The van der Waals surface area contributed by atoms with Gasteiger partial charge < -0.3 is 10.5 Å². The summed E-state index contributed by atoms with van der Waals surface area (Å²) in [6.45, 7) is 2.52. The van der Waals surface area contributed by atoms with Crippen LogP contribution in [0.3, 0.4) is 0 Å². The monoisotopic (exact) mass is 215 g/mol. The molecule has 0 aromatic heterocycles. The molecule has 2 aromatic rings. The second-order valence-corrected chi connectivity index (χ2v) is 3.45. The second-order valence-electron chi connectivity index (χ2n) is 3.45. The van der Waals surface area contributed by atoms with E-state index in [1.54, 1.807) is 12.1 Å². The molecule has 3 heteroatoms. The van der Waals surface area contributed by atoms with Crippen molar-refractivity contribution >= 4 is 16.7 Å². The number of carbonyl (C=O) groups excluding carboxylic acids is 1. The molecule has 0 aliphatic heterocycles. The van der Waals surface area contributed by atoms with Crippen LogP contribution >= 0.6 is 0 Å². The molecule has 0 saturated heterocycles. The summed E-state index contributed by atoms with van der Waals surface area (Å²) >= 11 is 0. The summed E-state index contributed by atoms with van der Waals surface area (Å²) in [5.74, 6) is 0.363. The van der Waals surface area contributed by atoms with E-state index in [2.05, 4.69) is 0 Å². The van der Waals surface area contributed by atoms with Crippen molar-refractivity contribution in [2.75, 3.05) is 6.61 Å². The van der Waals surface area contributed by atoms with Crippen LogP contribution in [0.2, 0.25) is 0 Å². The Bertz CT molecular complexity index is 534. The third-order valence-corrected chi connectivity index (χ3v) is 2.45. The van der Waals surface area contributed by atoms with Gasteiger partial charge in [0.15, 0.2) is 0 Å². The molecule has 0 aliphatic carbocycles.